The van der Waals surface area contributed by atoms with E-state index in [9.17, 15) is 9.59 Å². The molecule has 1 atom stereocenters. The Bertz CT molecular complexity index is 1280. The molecule has 1 aromatic carbocycles. The van der Waals surface area contributed by atoms with Crippen molar-refractivity contribution in [3.05, 3.63) is 88.2 Å². The Hall–Kier alpha value is -3.74. The van der Waals surface area contributed by atoms with Gasteiger partial charge >= 0.3 is 0 Å². The average molecular weight is 399 g/mol. The van der Waals surface area contributed by atoms with Crippen LogP contribution in [0.2, 0.25) is 0 Å². The number of amides is 1. The van der Waals surface area contributed by atoms with E-state index in [0.717, 1.165) is 22.4 Å². The molecule has 30 heavy (non-hydrogen) atoms. The van der Waals surface area contributed by atoms with Gasteiger partial charge in [-0.15, -0.1) is 0 Å². The first kappa shape index (κ1) is 18.3. The number of hydrogen-bond acceptors (Lipinski definition) is 4. The third-order valence-electron chi connectivity index (χ3n) is 5.63. The van der Waals surface area contributed by atoms with E-state index in [1.54, 1.807) is 18.5 Å². The van der Waals surface area contributed by atoms with E-state index in [4.69, 9.17) is 4.98 Å². The number of carbonyl (C=O) groups is 1. The quantitative estimate of drug-likeness (QED) is 0.572. The summed E-state index contributed by atoms with van der Waals surface area (Å²) in [6.45, 7) is 3.02. The van der Waals surface area contributed by atoms with E-state index in [1.807, 2.05) is 54.3 Å². The van der Waals surface area contributed by atoms with Gasteiger partial charge in [-0.25, -0.2) is 9.50 Å². The summed E-state index contributed by atoms with van der Waals surface area (Å²) in [7, 11) is 0. The minimum atomic E-state index is -0.166. The van der Waals surface area contributed by atoms with Gasteiger partial charge in [0.2, 0.25) is 5.91 Å². The average Bonchev–Trinajstić information content (AvgIpc) is 3.29. The molecule has 0 aliphatic carbocycles. The molecule has 7 heteroatoms. The molecule has 1 saturated heterocycles. The number of pyridine rings is 1. The molecule has 0 unspecified atom stereocenters. The fraction of sp³-hybridized carbons (Fsp3) is 0.217. The topological polar surface area (TPSA) is 83.4 Å². The first-order valence-electron chi connectivity index (χ1n) is 9.94. The third-order valence-corrected chi connectivity index (χ3v) is 5.63. The fourth-order valence-corrected chi connectivity index (χ4v) is 4.16. The lowest BCUT2D eigenvalue weighted by atomic mass is 10.0. The van der Waals surface area contributed by atoms with E-state index in [2.05, 4.69) is 10.1 Å². The van der Waals surface area contributed by atoms with Gasteiger partial charge in [-0.2, -0.15) is 0 Å². The summed E-state index contributed by atoms with van der Waals surface area (Å²) in [5, 5.41) is 3.12. The molecule has 0 saturated carbocycles. The van der Waals surface area contributed by atoms with E-state index in [0.29, 0.717) is 30.9 Å². The number of likely N-dealkylation sites (tertiary alicyclic amines) is 1. The summed E-state index contributed by atoms with van der Waals surface area (Å²) >= 11 is 0. The molecule has 150 valence electrons. The summed E-state index contributed by atoms with van der Waals surface area (Å²) in [5.41, 5.74) is 4.93. The van der Waals surface area contributed by atoms with Crippen LogP contribution in [0, 0.1) is 6.92 Å². The maximum Gasteiger partial charge on any atom is 0.272 e. The standard InChI is InChI=1S/C23H21N5O2/c1-15-22(17-5-3-2-4-6-17)23-25-19(12-21(30)28(23)26-15)18-11-20(29)27(14-18)13-16-7-9-24-10-8-16/h2-10,12,18,26H,11,13-14H2,1H3/t18-/m1/s1. The van der Waals surface area contributed by atoms with Crippen molar-refractivity contribution in [2.24, 2.45) is 0 Å². The Kier molecular flexibility index (Phi) is 4.43. The normalized spacial score (nSPS) is 16.5. The number of nitrogens with zero attached hydrogens (tertiary/aromatic N) is 4. The first-order chi connectivity index (χ1) is 14.6. The molecule has 7 nitrogen and oxygen atoms in total. The molecule has 1 amide bonds. The van der Waals surface area contributed by atoms with E-state index < -0.39 is 0 Å². The largest absolute Gasteiger partial charge is 0.338 e. The Labute approximate surface area is 173 Å². The van der Waals surface area contributed by atoms with Crippen LogP contribution in [0.3, 0.4) is 0 Å². The number of hydrogen-bond donors (Lipinski definition) is 1. The second kappa shape index (κ2) is 7.26. The Morgan fingerprint density at radius 1 is 1.10 bits per heavy atom. The molecular formula is C23H21N5O2. The number of H-pyrrole nitrogens is 1. The van der Waals surface area contributed by atoms with Gasteiger partial charge in [-0.1, -0.05) is 30.3 Å². The van der Waals surface area contributed by atoms with Crippen LogP contribution in [-0.2, 0) is 11.3 Å². The molecule has 1 aliphatic rings. The number of fused-ring (bicyclic) bond motifs is 1. The number of benzene rings is 1. The van der Waals surface area contributed by atoms with Gasteiger partial charge in [-0.3, -0.25) is 19.7 Å². The summed E-state index contributed by atoms with van der Waals surface area (Å²) in [6, 6.07) is 15.3. The number of rotatable bonds is 4. The number of aryl methyl sites for hydroxylation is 1. The van der Waals surface area contributed by atoms with Crippen molar-refractivity contribution in [2.75, 3.05) is 6.54 Å². The van der Waals surface area contributed by atoms with Crippen LogP contribution in [-0.4, -0.2) is 36.9 Å². The SMILES string of the molecule is Cc1[nH]n2c(=O)cc([C@@H]3CC(=O)N(Cc4ccncc4)C3)nc2c1-c1ccccc1. The number of nitrogens with one attached hydrogen (secondary N) is 1. The van der Waals surface area contributed by atoms with Crippen molar-refractivity contribution in [3.8, 4) is 11.1 Å². The van der Waals surface area contributed by atoms with Crippen LogP contribution in [0.15, 0.2) is 65.7 Å². The van der Waals surface area contributed by atoms with Crippen LogP contribution < -0.4 is 5.56 Å². The summed E-state index contributed by atoms with van der Waals surface area (Å²) in [4.78, 5) is 36.1. The van der Waals surface area contributed by atoms with Crippen LogP contribution in [0.5, 0.6) is 0 Å². The molecule has 1 aliphatic heterocycles. The predicted octanol–water partition coefficient (Wildman–Crippen LogP) is 2.91. The number of aromatic nitrogens is 4. The van der Waals surface area contributed by atoms with Crippen LogP contribution in [0.4, 0.5) is 0 Å². The molecule has 3 aromatic heterocycles. The lowest BCUT2D eigenvalue weighted by molar-refractivity contribution is -0.128. The second-order valence-electron chi connectivity index (χ2n) is 7.69. The van der Waals surface area contributed by atoms with Crippen LogP contribution >= 0.6 is 0 Å². The Morgan fingerprint density at radius 2 is 1.87 bits per heavy atom. The van der Waals surface area contributed by atoms with E-state index in [1.165, 1.54) is 4.52 Å². The fourth-order valence-electron chi connectivity index (χ4n) is 4.16. The molecule has 1 fully saturated rings. The highest BCUT2D eigenvalue weighted by Gasteiger charge is 2.32. The first-order valence-corrected chi connectivity index (χ1v) is 9.94. The third kappa shape index (κ3) is 3.18. The lowest BCUT2D eigenvalue weighted by Crippen LogP contribution is -2.24. The smallest absolute Gasteiger partial charge is 0.272 e. The zero-order valence-corrected chi connectivity index (χ0v) is 16.6. The minimum absolute atomic E-state index is 0.0762. The lowest BCUT2D eigenvalue weighted by Gasteiger charge is -2.16. The highest BCUT2D eigenvalue weighted by Crippen LogP contribution is 2.30. The Morgan fingerprint density at radius 3 is 2.63 bits per heavy atom. The van der Waals surface area contributed by atoms with E-state index >= 15 is 0 Å². The van der Waals surface area contributed by atoms with Crippen LogP contribution in [0.1, 0.15) is 29.3 Å². The number of carbonyl (C=O) groups excluding carboxylic acids is 1. The maximum absolute atomic E-state index is 12.8. The second-order valence-corrected chi connectivity index (χ2v) is 7.69. The monoisotopic (exact) mass is 399 g/mol. The van der Waals surface area contributed by atoms with E-state index in [-0.39, 0.29) is 17.4 Å². The van der Waals surface area contributed by atoms with Gasteiger partial charge in [0.15, 0.2) is 5.65 Å². The van der Waals surface area contributed by atoms with Gasteiger partial charge in [0.05, 0.1) is 5.69 Å². The molecule has 0 radical (unpaired) electrons. The highest BCUT2D eigenvalue weighted by atomic mass is 16.2. The van der Waals surface area contributed by atoms with Gasteiger partial charge in [-0.05, 0) is 30.2 Å². The minimum Gasteiger partial charge on any atom is -0.338 e. The van der Waals surface area contributed by atoms with Crippen molar-refractivity contribution in [1.82, 2.24) is 24.5 Å². The summed E-state index contributed by atoms with van der Waals surface area (Å²) < 4.78 is 1.48. The van der Waals surface area contributed by atoms with Crippen molar-refractivity contribution in [3.63, 3.8) is 0 Å². The van der Waals surface area contributed by atoms with Crippen molar-refractivity contribution >= 4 is 11.6 Å². The molecule has 5 rings (SSSR count). The number of aromatic amines is 1. The zero-order valence-electron chi connectivity index (χ0n) is 16.6. The van der Waals surface area contributed by atoms with Crippen molar-refractivity contribution in [2.45, 2.75) is 25.8 Å². The molecule has 0 spiro atoms. The maximum atomic E-state index is 12.8. The van der Waals surface area contributed by atoms with Crippen molar-refractivity contribution < 1.29 is 4.79 Å². The zero-order chi connectivity index (χ0) is 20.7. The van der Waals surface area contributed by atoms with Gasteiger partial charge in [0.1, 0.15) is 0 Å². The molecule has 0 bridgehead atoms. The Balaban J connectivity index is 1.51. The molecule has 4 aromatic rings. The van der Waals surface area contributed by atoms with Gasteiger partial charge < -0.3 is 4.90 Å². The predicted molar refractivity (Wildman–Crippen MR) is 113 cm³/mol. The molecule has 1 N–H and O–H groups in total. The van der Waals surface area contributed by atoms with Gasteiger partial charge in [0, 0.05) is 55.1 Å². The molecule has 4 heterocycles. The summed E-state index contributed by atoms with van der Waals surface area (Å²) in [6.07, 6.45) is 3.81. The highest BCUT2D eigenvalue weighted by molar-refractivity contribution is 5.81. The van der Waals surface area contributed by atoms with Crippen molar-refractivity contribution in [1.29, 1.82) is 0 Å². The molecular weight excluding hydrogens is 378 g/mol. The summed E-state index contributed by atoms with van der Waals surface area (Å²) in [5.74, 6) is -0.0248. The van der Waals surface area contributed by atoms with Gasteiger partial charge in [0.25, 0.3) is 5.56 Å². The van der Waals surface area contributed by atoms with Crippen LogP contribution in [0.25, 0.3) is 16.8 Å².